The van der Waals surface area contributed by atoms with E-state index in [4.69, 9.17) is 4.74 Å². The van der Waals surface area contributed by atoms with Gasteiger partial charge in [-0.25, -0.2) is 12.4 Å². The number of fused-ring (bicyclic) bond motifs is 2. The zero-order chi connectivity index (χ0) is 19.1. The standard InChI is InChI=1S/C21H23N3O3S/c25-28(26,19-7-3-5-16-9-14-27-21(16)19)24-15-17(8-13-23-11-1-2-12-23)20-18(24)6-4-10-22-20/h3-7,10,15H,1-2,8-9,11-14H2. The summed E-state index contributed by atoms with van der Waals surface area (Å²) in [4.78, 5) is 7.15. The smallest absolute Gasteiger partial charge is 0.271 e. The molecule has 0 bridgehead atoms. The van der Waals surface area contributed by atoms with Crippen molar-refractivity contribution in [3.05, 3.63) is 53.9 Å². The third kappa shape index (κ3) is 2.89. The van der Waals surface area contributed by atoms with Crippen molar-refractivity contribution in [2.75, 3.05) is 26.2 Å². The number of hydrogen-bond acceptors (Lipinski definition) is 5. The second kappa shape index (κ2) is 6.90. The molecule has 0 N–H and O–H groups in total. The molecule has 5 rings (SSSR count). The summed E-state index contributed by atoms with van der Waals surface area (Å²) in [5, 5.41) is 0. The Kier molecular flexibility index (Phi) is 4.36. The number of ether oxygens (including phenoxy) is 1. The molecule has 0 saturated carbocycles. The van der Waals surface area contributed by atoms with Gasteiger partial charge in [0, 0.05) is 25.4 Å². The van der Waals surface area contributed by atoms with Crippen LogP contribution in [0.5, 0.6) is 5.75 Å². The van der Waals surface area contributed by atoms with Crippen LogP contribution >= 0.6 is 0 Å². The lowest BCUT2D eigenvalue weighted by Gasteiger charge is -2.13. The highest BCUT2D eigenvalue weighted by Gasteiger charge is 2.28. The van der Waals surface area contributed by atoms with Crippen LogP contribution in [0.3, 0.4) is 0 Å². The van der Waals surface area contributed by atoms with E-state index in [-0.39, 0.29) is 4.90 Å². The molecule has 28 heavy (non-hydrogen) atoms. The second-order valence-electron chi connectivity index (χ2n) is 7.47. The van der Waals surface area contributed by atoms with Gasteiger partial charge in [0.1, 0.15) is 10.6 Å². The molecule has 1 saturated heterocycles. The Balaban J connectivity index is 1.58. The van der Waals surface area contributed by atoms with E-state index >= 15 is 0 Å². The molecular formula is C21H23N3O3S. The Morgan fingerprint density at radius 2 is 1.96 bits per heavy atom. The van der Waals surface area contributed by atoms with Gasteiger partial charge >= 0.3 is 0 Å². The largest absolute Gasteiger partial charge is 0.492 e. The Morgan fingerprint density at radius 3 is 2.82 bits per heavy atom. The minimum absolute atomic E-state index is 0.231. The molecule has 0 atom stereocenters. The van der Waals surface area contributed by atoms with Crippen molar-refractivity contribution in [1.82, 2.24) is 13.9 Å². The fourth-order valence-corrected chi connectivity index (χ4v) is 5.81. The quantitative estimate of drug-likeness (QED) is 0.662. The normalized spacial score (nSPS) is 17.1. The maximum Gasteiger partial charge on any atom is 0.271 e. The fourth-order valence-electron chi connectivity index (χ4n) is 4.26. The highest BCUT2D eigenvalue weighted by atomic mass is 32.2. The lowest BCUT2D eigenvalue weighted by Crippen LogP contribution is -2.21. The number of rotatable bonds is 5. The summed E-state index contributed by atoms with van der Waals surface area (Å²) in [7, 11) is -3.77. The third-order valence-electron chi connectivity index (χ3n) is 5.71. The van der Waals surface area contributed by atoms with E-state index in [1.54, 1.807) is 30.6 Å². The molecular weight excluding hydrogens is 374 g/mol. The van der Waals surface area contributed by atoms with Gasteiger partial charge in [0.2, 0.25) is 0 Å². The molecule has 1 aromatic carbocycles. The predicted octanol–water partition coefficient (Wildman–Crippen LogP) is 2.85. The van der Waals surface area contributed by atoms with E-state index in [0.29, 0.717) is 17.9 Å². The summed E-state index contributed by atoms with van der Waals surface area (Å²) in [5.74, 6) is 0.492. The Hall–Kier alpha value is -2.38. The van der Waals surface area contributed by atoms with Gasteiger partial charge in [0.05, 0.1) is 17.6 Å². The van der Waals surface area contributed by atoms with E-state index < -0.39 is 10.0 Å². The van der Waals surface area contributed by atoms with Gasteiger partial charge in [-0.05, 0) is 61.7 Å². The molecule has 1 fully saturated rings. The number of hydrogen-bond donors (Lipinski definition) is 0. The van der Waals surface area contributed by atoms with Gasteiger partial charge in [-0.2, -0.15) is 0 Å². The van der Waals surface area contributed by atoms with Crippen LogP contribution < -0.4 is 4.74 Å². The fraction of sp³-hybridized carbons (Fsp3) is 0.381. The molecule has 0 amide bonds. The molecule has 2 aromatic heterocycles. The predicted molar refractivity (Wildman–Crippen MR) is 107 cm³/mol. The Bertz CT molecular complexity index is 1130. The molecule has 0 unspecified atom stereocenters. The van der Waals surface area contributed by atoms with Crippen LogP contribution in [-0.2, 0) is 22.9 Å². The molecule has 146 valence electrons. The van der Waals surface area contributed by atoms with Crippen LogP contribution in [0.25, 0.3) is 11.0 Å². The topological polar surface area (TPSA) is 64.4 Å². The summed E-state index contributed by atoms with van der Waals surface area (Å²) in [5.41, 5.74) is 3.30. The molecule has 3 aromatic rings. The van der Waals surface area contributed by atoms with Crippen molar-refractivity contribution < 1.29 is 13.2 Å². The second-order valence-corrected chi connectivity index (χ2v) is 9.25. The molecule has 0 spiro atoms. The Morgan fingerprint density at radius 1 is 1.11 bits per heavy atom. The van der Waals surface area contributed by atoms with Gasteiger partial charge in [-0.1, -0.05) is 12.1 Å². The van der Waals surface area contributed by atoms with Crippen LogP contribution in [0.2, 0.25) is 0 Å². The summed E-state index contributed by atoms with van der Waals surface area (Å²) >= 11 is 0. The lowest BCUT2D eigenvalue weighted by atomic mass is 10.2. The van der Waals surface area contributed by atoms with Gasteiger partial charge < -0.3 is 9.64 Å². The lowest BCUT2D eigenvalue weighted by molar-refractivity contribution is 0.344. The minimum atomic E-state index is -3.77. The summed E-state index contributed by atoms with van der Waals surface area (Å²) in [6, 6.07) is 8.95. The zero-order valence-electron chi connectivity index (χ0n) is 15.7. The SMILES string of the molecule is O=S(=O)(c1cccc2c1OCC2)n1cc(CCN2CCCC2)c2ncccc21. The average Bonchev–Trinajstić information content (AvgIpc) is 3.45. The van der Waals surface area contributed by atoms with E-state index in [0.717, 1.165) is 49.1 Å². The van der Waals surface area contributed by atoms with E-state index in [1.165, 1.54) is 16.8 Å². The highest BCUT2D eigenvalue weighted by molar-refractivity contribution is 7.90. The first-order chi connectivity index (χ1) is 13.6. The maximum atomic E-state index is 13.5. The minimum Gasteiger partial charge on any atom is -0.492 e. The molecule has 2 aliphatic heterocycles. The average molecular weight is 398 g/mol. The van der Waals surface area contributed by atoms with Crippen LogP contribution in [0.1, 0.15) is 24.0 Å². The van der Waals surface area contributed by atoms with Gasteiger partial charge in [-0.15, -0.1) is 0 Å². The van der Waals surface area contributed by atoms with Crippen molar-refractivity contribution in [3.63, 3.8) is 0 Å². The molecule has 2 aliphatic rings. The molecule has 0 radical (unpaired) electrons. The molecule has 0 aliphatic carbocycles. The summed E-state index contributed by atoms with van der Waals surface area (Å²) in [6.07, 6.45) is 7.49. The highest BCUT2D eigenvalue weighted by Crippen LogP contribution is 2.35. The van der Waals surface area contributed by atoms with Crippen molar-refractivity contribution >= 4 is 21.1 Å². The third-order valence-corrected chi connectivity index (χ3v) is 7.41. The number of para-hydroxylation sites is 1. The van der Waals surface area contributed by atoms with Crippen molar-refractivity contribution in [1.29, 1.82) is 0 Å². The van der Waals surface area contributed by atoms with Crippen molar-refractivity contribution in [2.45, 2.75) is 30.6 Å². The zero-order valence-corrected chi connectivity index (χ0v) is 16.5. The van der Waals surface area contributed by atoms with Gasteiger partial charge in [-0.3, -0.25) is 4.98 Å². The number of benzene rings is 1. The molecule has 7 heteroatoms. The summed E-state index contributed by atoms with van der Waals surface area (Å²) in [6.45, 7) is 3.70. The van der Waals surface area contributed by atoms with Crippen LogP contribution in [0.15, 0.2) is 47.6 Å². The maximum absolute atomic E-state index is 13.5. The molecule has 4 heterocycles. The molecule has 6 nitrogen and oxygen atoms in total. The number of pyridine rings is 1. The van der Waals surface area contributed by atoms with Crippen LogP contribution in [0, 0.1) is 0 Å². The van der Waals surface area contributed by atoms with Crippen molar-refractivity contribution in [2.24, 2.45) is 0 Å². The monoisotopic (exact) mass is 397 g/mol. The summed E-state index contributed by atoms with van der Waals surface area (Å²) < 4.78 is 34.1. The van der Waals surface area contributed by atoms with E-state index in [2.05, 4.69) is 9.88 Å². The van der Waals surface area contributed by atoms with E-state index in [1.807, 2.05) is 12.1 Å². The number of likely N-dealkylation sites (tertiary alicyclic amines) is 1. The first-order valence-electron chi connectivity index (χ1n) is 9.82. The van der Waals surface area contributed by atoms with E-state index in [9.17, 15) is 8.42 Å². The van der Waals surface area contributed by atoms with Gasteiger partial charge in [0.25, 0.3) is 10.0 Å². The first-order valence-corrected chi connectivity index (χ1v) is 11.3. The van der Waals surface area contributed by atoms with Gasteiger partial charge in [0.15, 0.2) is 0 Å². The Labute approximate surface area is 164 Å². The van der Waals surface area contributed by atoms with Crippen molar-refractivity contribution in [3.8, 4) is 5.75 Å². The number of aromatic nitrogens is 2. The first kappa shape index (κ1) is 17.7. The number of nitrogens with zero attached hydrogens (tertiary/aromatic N) is 3. The van der Waals surface area contributed by atoms with Crippen LogP contribution in [-0.4, -0.2) is 48.5 Å². The van der Waals surface area contributed by atoms with Crippen LogP contribution in [0.4, 0.5) is 0 Å².